The Bertz CT molecular complexity index is 519. The first-order valence-electron chi connectivity index (χ1n) is 5.02. The topological polar surface area (TPSA) is 80.7 Å². The highest BCUT2D eigenvalue weighted by Crippen LogP contribution is 2.23. The summed E-state index contributed by atoms with van der Waals surface area (Å²) < 4.78 is 27.7. The summed E-state index contributed by atoms with van der Waals surface area (Å²) in [7, 11) is -3.26. The molecule has 0 saturated heterocycles. The molecule has 0 radical (unpaired) electrons. The first-order valence-corrected chi connectivity index (χ1v) is 6.91. The van der Waals surface area contributed by atoms with Crippen LogP contribution in [-0.4, -0.2) is 32.4 Å². The van der Waals surface area contributed by atoms with Gasteiger partial charge in [-0.2, -0.15) is 0 Å². The van der Waals surface area contributed by atoms with E-state index in [1.54, 1.807) is 0 Å². The lowest BCUT2D eigenvalue weighted by molar-refractivity contribution is -0.139. The summed E-state index contributed by atoms with van der Waals surface area (Å²) in [6, 6.07) is 4.40. The van der Waals surface area contributed by atoms with Gasteiger partial charge in [0.15, 0.2) is 16.4 Å². The van der Waals surface area contributed by atoms with E-state index in [1.165, 1.54) is 18.2 Å². The Morgan fingerprint density at radius 2 is 2.06 bits per heavy atom. The van der Waals surface area contributed by atoms with E-state index in [-0.39, 0.29) is 4.90 Å². The van der Waals surface area contributed by atoms with Gasteiger partial charge in [-0.3, -0.25) is 0 Å². The highest BCUT2D eigenvalue weighted by atomic mass is 32.2. The van der Waals surface area contributed by atoms with Crippen molar-refractivity contribution in [2.45, 2.75) is 18.2 Å². The van der Waals surface area contributed by atoms with Crippen molar-refractivity contribution in [1.29, 1.82) is 0 Å². The number of aliphatic carboxylic acids is 1. The molecule has 0 aliphatic heterocycles. The second-order valence-corrected chi connectivity index (χ2v) is 5.59. The molecule has 0 atom stereocenters. The molecule has 6 heteroatoms. The van der Waals surface area contributed by atoms with Crippen LogP contribution >= 0.6 is 0 Å². The third-order valence-corrected chi connectivity index (χ3v) is 3.30. The van der Waals surface area contributed by atoms with Crippen molar-refractivity contribution in [1.82, 2.24) is 0 Å². The van der Waals surface area contributed by atoms with Crippen LogP contribution in [0.25, 0.3) is 0 Å². The molecule has 0 saturated carbocycles. The molecule has 94 valence electrons. The summed E-state index contributed by atoms with van der Waals surface area (Å²) in [5.74, 6) is -0.665. The minimum atomic E-state index is -3.26. The first-order chi connectivity index (χ1) is 7.84. The van der Waals surface area contributed by atoms with Crippen molar-refractivity contribution >= 4 is 15.8 Å². The van der Waals surface area contributed by atoms with E-state index in [9.17, 15) is 13.2 Å². The van der Waals surface area contributed by atoms with Crippen LogP contribution < -0.4 is 4.74 Å². The monoisotopic (exact) mass is 258 g/mol. The Kier molecular flexibility index (Phi) is 4.11. The van der Waals surface area contributed by atoms with Crippen molar-refractivity contribution in [2.24, 2.45) is 0 Å². The minimum absolute atomic E-state index is 0.206. The molecule has 5 nitrogen and oxygen atoms in total. The zero-order chi connectivity index (χ0) is 13.1. The summed E-state index contributed by atoms with van der Waals surface area (Å²) in [6.07, 6.45) is 1.69. The molecular weight excluding hydrogens is 244 g/mol. The lowest BCUT2D eigenvalue weighted by Gasteiger charge is -2.10. The molecule has 0 bridgehead atoms. The third kappa shape index (κ3) is 3.74. The van der Waals surface area contributed by atoms with E-state index in [0.29, 0.717) is 17.7 Å². The van der Waals surface area contributed by atoms with E-state index >= 15 is 0 Å². The fraction of sp³-hybridized carbons (Fsp3) is 0.364. The van der Waals surface area contributed by atoms with Crippen LogP contribution in [-0.2, 0) is 21.1 Å². The molecule has 0 spiro atoms. The van der Waals surface area contributed by atoms with Gasteiger partial charge in [-0.1, -0.05) is 6.92 Å². The number of carboxylic acids is 1. The van der Waals surface area contributed by atoms with Gasteiger partial charge in [0.25, 0.3) is 0 Å². The van der Waals surface area contributed by atoms with Gasteiger partial charge in [-0.25, -0.2) is 13.2 Å². The van der Waals surface area contributed by atoms with Crippen molar-refractivity contribution < 1.29 is 23.1 Å². The molecule has 1 rings (SSSR count). The fourth-order valence-corrected chi connectivity index (χ4v) is 2.01. The van der Waals surface area contributed by atoms with Gasteiger partial charge < -0.3 is 9.84 Å². The predicted molar refractivity (Wildman–Crippen MR) is 62.1 cm³/mol. The Morgan fingerprint density at radius 3 is 2.53 bits per heavy atom. The second-order valence-electron chi connectivity index (χ2n) is 3.58. The van der Waals surface area contributed by atoms with Gasteiger partial charge in [0.05, 0.1) is 4.90 Å². The summed E-state index contributed by atoms with van der Waals surface area (Å²) in [4.78, 5) is 10.6. The molecule has 0 amide bonds. The molecule has 1 N–H and O–H groups in total. The van der Waals surface area contributed by atoms with E-state index < -0.39 is 22.4 Å². The molecule has 0 aliphatic rings. The summed E-state index contributed by atoms with van der Waals surface area (Å²) in [6.45, 7) is 1.40. The Morgan fingerprint density at radius 1 is 1.41 bits per heavy atom. The maximum absolute atomic E-state index is 11.3. The van der Waals surface area contributed by atoms with Crippen LogP contribution in [0.5, 0.6) is 5.75 Å². The molecule has 1 aromatic rings. The lowest BCUT2D eigenvalue weighted by atomic mass is 10.1. The maximum Gasteiger partial charge on any atom is 0.341 e. The molecule has 0 aromatic heterocycles. The SMILES string of the molecule is CCc1cc(S(C)(=O)=O)ccc1OCC(=O)O. The van der Waals surface area contributed by atoms with Crippen molar-refractivity contribution in [2.75, 3.05) is 12.9 Å². The maximum atomic E-state index is 11.3. The molecule has 0 aliphatic carbocycles. The number of benzene rings is 1. The van der Waals surface area contributed by atoms with E-state index in [4.69, 9.17) is 9.84 Å². The zero-order valence-corrected chi connectivity index (χ0v) is 10.5. The van der Waals surface area contributed by atoms with Gasteiger partial charge >= 0.3 is 5.97 Å². The van der Waals surface area contributed by atoms with Crippen LogP contribution in [0, 0.1) is 0 Å². The van der Waals surface area contributed by atoms with Crippen LogP contribution in [0.2, 0.25) is 0 Å². The van der Waals surface area contributed by atoms with Gasteiger partial charge in [0.1, 0.15) is 5.75 Å². The largest absolute Gasteiger partial charge is 0.482 e. The number of ether oxygens (including phenoxy) is 1. The summed E-state index contributed by atoms with van der Waals surface area (Å²) in [5, 5.41) is 8.50. The zero-order valence-electron chi connectivity index (χ0n) is 9.63. The Hall–Kier alpha value is -1.56. The predicted octanol–water partition coefficient (Wildman–Crippen LogP) is 1.12. The normalized spacial score (nSPS) is 11.2. The van der Waals surface area contributed by atoms with E-state index in [0.717, 1.165) is 6.26 Å². The lowest BCUT2D eigenvalue weighted by Crippen LogP contribution is -2.10. The smallest absolute Gasteiger partial charge is 0.341 e. The molecule has 0 heterocycles. The average Bonchev–Trinajstić information content (AvgIpc) is 2.24. The van der Waals surface area contributed by atoms with Gasteiger partial charge in [-0.05, 0) is 30.2 Å². The van der Waals surface area contributed by atoms with Crippen LogP contribution in [0.15, 0.2) is 23.1 Å². The number of hydrogen-bond donors (Lipinski definition) is 1. The number of carboxylic acid groups (broad SMARTS) is 1. The average molecular weight is 258 g/mol. The third-order valence-electron chi connectivity index (χ3n) is 2.19. The molecule has 17 heavy (non-hydrogen) atoms. The molecule has 1 aromatic carbocycles. The van der Waals surface area contributed by atoms with E-state index in [2.05, 4.69) is 0 Å². The second kappa shape index (κ2) is 5.18. The van der Waals surface area contributed by atoms with Crippen LogP contribution in [0.1, 0.15) is 12.5 Å². The number of hydrogen-bond acceptors (Lipinski definition) is 4. The number of rotatable bonds is 5. The van der Waals surface area contributed by atoms with Gasteiger partial charge in [0, 0.05) is 6.26 Å². The van der Waals surface area contributed by atoms with Crippen LogP contribution in [0.3, 0.4) is 0 Å². The molecule has 0 unspecified atom stereocenters. The quantitative estimate of drug-likeness (QED) is 0.855. The van der Waals surface area contributed by atoms with Crippen LogP contribution in [0.4, 0.5) is 0 Å². The fourth-order valence-electron chi connectivity index (χ4n) is 1.34. The van der Waals surface area contributed by atoms with E-state index in [1.807, 2.05) is 6.92 Å². The summed E-state index contributed by atoms with van der Waals surface area (Å²) in [5.41, 5.74) is 0.675. The first kappa shape index (κ1) is 13.5. The molecular formula is C11H14O5S. The van der Waals surface area contributed by atoms with Gasteiger partial charge in [-0.15, -0.1) is 0 Å². The number of sulfone groups is 1. The number of carbonyl (C=O) groups is 1. The Labute approximate surface area is 100.0 Å². The molecule has 0 fully saturated rings. The Balaban J connectivity index is 3.06. The summed E-state index contributed by atoms with van der Waals surface area (Å²) >= 11 is 0. The van der Waals surface area contributed by atoms with Crippen molar-refractivity contribution in [3.8, 4) is 5.75 Å². The standard InChI is InChI=1S/C11H14O5S/c1-3-8-6-9(17(2,14)15)4-5-10(8)16-7-11(12)13/h4-6H,3,7H2,1-2H3,(H,12,13). The van der Waals surface area contributed by atoms with Crippen molar-refractivity contribution in [3.05, 3.63) is 23.8 Å². The highest BCUT2D eigenvalue weighted by Gasteiger charge is 2.11. The van der Waals surface area contributed by atoms with Gasteiger partial charge in [0.2, 0.25) is 0 Å². The number of aryl methyl sites for hydroxylation is 1. The van der Waals surface area contributed by atoms with Crippen molar-refractivity contribution in [3.63, 3.8) is 0 Å². The minimum Gasteiger partial charge on any atom is -0.482 e. The highest BCUT2D eigenvalue weighted by molar-refractivity contribution is 7.90.